The summed E-state index contributed by atoms with van der Waals surface area (Å²) in [5, 5.41) is 0. The zero-order valence-electron chi connectivity index (χ0n) is 11.4. The Morgan fingerprint density at radius 2 is 1.95 bits per heavy atom. The Morgan fingerprint density at radius 1 is 1.25 bits per heavy atom. The van der Waals surface area contributed by atoms with Crippen molar-refractivity contribution in [3.8, 4) is 0 Å². The van der Waals surface area contributed by atoms with Crippen molar-refractivity contribution >= 4 is 17.3 Å². The van der Waals surface area contributed by atoms with E-state index in [0.717, 1.165) is 24.3 Å². The van der Waals surface area contributed by atoms with Gasteiger partial charge in [-0.25, -0.2) is 0 Å². The second kappa shape index (κ2) is 6.06. The van der Waals surface area contributed by atoms with Crippen molar-refractivity contribution in [2.24, 2.45) is 5.73 Å². The van der Waals surface area contributed by atoms with Crippen molar-refractivity contribution in [2.45, 2.75) is 13.5 Å². The Morgan fingerprint density at radius 3 is 2.55 bits per heavy atom. The zero-order chi connectivity index (χ0) is 14.5. The minimum atomic E-state index is -0.510. The molecule has 2 rings (SSSR count). The van der Waals surface area contributed by atoms with Crippen molar-refractivity contribution in [2.75, 3.05) is 17.2 Å². The Hall–Kier alpha value is -2.56. The smallest absolute Gasteiger partial charge is 0.250 e. The molecule has 1 heterocycles. The van der Waals surface area contributed by atoms with Gasteiger partial charge in [0, 0.05) is 36.9 Å². The standard InChI is InChI=1S/C15H18N4O/c1-2-19(10-11-5-7-18-8-6-11)12-3-4-14(16)13(9-12)15(17)20/h3-9H,2,10,16H2,1H3,(H2,17,20). The monoisotopic (exact) mass is 270 g/mol. The lowest BCUT2D eigenvalue weighted by atomic mass is 10.1. The molecule has 0 atom stereocenters. The van der Waals surface area contributed by atoms with Gasteiger partial charge >= 0.3 is 0 Å². The van der Waals surface area contributed by atoms with Crippen LogP contribution in [0.25, 0.3) is 0 Å². The quantitative estimate of drug-likeness (QED) is 0.811. The van der Waals surface area contributed by atoms with E-state index in [-0.39, 0.29) is 0 Å². The number of aromatic nitrogens is 1. The van der Waals surface area contributed by atoms with Crippen LogP contribution in [0.5, 0.6) is 0 Å². The number of rotatable bonds is 5. The van der Waals surface area contributed by atoms with Crippen molar-refractivity contribution in [3.05, 3.63) is 53.9 Å². The van der Waals surface area contributed by atoms with Crippen LogP contribution in [0.3, 0.4) is 0 Å². The Balaban J connectivity index is 2.28. The molecule has 0 saturated carbocycles. The van der Waals surface area contributed by atoms with Gasteiger partial charge in [-0.3, -0.25) is 9.78 Å². The number of carbonyl (C=O) groups excluding carboxylic acids is 1. The molecule has 1 amide bonds. The number of nitrogen functional groups attached to an aromatic ring is 1. The van der Waals surface area contributed by atoms with Gasteiger partial charge in [0.1, 0.15) is 0 Å². The second-order valence-corrected chi connectivity index (χ2v) is 4.51. The SMILES string of the molecule is CCN(Cc1ccncc1)c1ccc(N)c(C(N)=O)c1. The molecule has 0 aliphatic rings. The predicted molar refractivity (Wildman–Crippen MR) is 80.3 cm³/mol. The molecule has 0 aliphatic heterocycles. The summed E-state index contributed by atoms with van der Waals surface area (Å²) in [6.45, 7) is 3.60. The van der Waals surface area contributed by atoms with E-state index in [4.69, 9.17) is 11.5 Å². The molecule has 0 aliphatic carbocycles. The second-order valence-electron chi connectivity index (χ2n) is 4.51. The van der Waals surface area contributed by atoms with Crippen LogP contribution in [0, 0.1) is 0 Å². The molecule has 5 heteroatoms. The predicted octanol–water partition coefficient (Wildman–Crippen LogP) is 1.79. The summed E-state index contributed by atoms with van der Waals surface area (Å²) in [6.07, 6.45) is 3.53. The molecule has 0 radical (unpaired) electrons. The van der Waals surface area contributed by atoms with Crippen molar-refractivity contribution in [1.82, 2.24) is 4.98 Å². The van der Waals surface area contributed by atoms with Gasteiger partial charge in [0.25, 0.3) is 5.91 Å². The van der Waals surface area contributed by atoms with Crippen LogP contribution in [0.15, 0.2) is 42.7 Å². The summed E-state index contributed by atoms with van der Waals surface area (Å²) >= 11 is 0. The first-order chi connectivity index (χ1) is 9.61. The van der Waals surface area contributed by atoms with E-state index in [1.807, 2.05) is 18.2 Å². The highest BCUT2D eigenvalue weighted by Gasteiger charge is 2.11. The lowest BCUT2D eigenvalue weighted by Gasteiger charge is -2.24. The minimum Gasteiger partial charge on any atom is -0.398 e. The summed E-state index contributed by atoms with van der Waals surface area (Å²) in [6, 6.07) is 9.28. The number of pyridine rings is 1. The summed E-state index contributed by atoms with van der Waals surface area (Å²) in [7, 11) is 0. The molecule has 20 heavy (non-hydrogen) atoms. The summed E-state index contributed by atoms with van der Waals surface area (Å²) < 4.78 is 0. The maximum Gasteiger partial charge on any atom is 0.250 e. The molecule has 4 N–H and O–H groups in total. The molecule has 0 bridgehead atoms. The van der Waals surface area contributed by atoms with Gasteiger partial charge in [0.15, 0.2) is 0 Å². The number of amides is 1. The molecule has 0 spiro atoms. The number of carbonyl (C=O) groups is 1. The van der Waals surface area contributed by atoms with E-state index in [1.165, 1.54) is 0 Å². The summed E-state index contributed by atoms with van der Waals surface area (Å²) in [5.74, 6) is -0.510. The van der Waals surface area contributed by atoms with Gasteiger partial charge in [-0.05, 0) is 42.8 Å². The van der Waals surface area contributed by atoms with Crippen molar-refractivity contribution in [1.29, 1.82) is 0 Å². The largest absolute Gasteiger partial charge is 0.398 e. The van der Waals surface area contributed by atoms with Crippen LogP contribution in [0.2, 0.25) is 0 Å². The molecule has 1 aromatic heterocycles. The molecule has 2 aromatic rings. The van der Waals surface area contributed by atoms with Gasteiger partial charge in [-0.15, -0.1) is 0 Å². The molecule has 0 unspecified atom stereocenters. The minimum absolute atomic E-state index is 0.357. The molecule has 0 fully saturated rings. The third-order valence-corrected chi connectivity index (χ3v) is 3.17. The Bertz CT molecular complexity index is 598. The molecule has 0 saturated heterocycles. The number of benzene rings is 1. The van der Waals surface area contributed by atoms with Gasteiger partial charge in [0.2, 0.25) is 0 Å². The fraction of sp³-hybridized carbons (Fsp3) is 0.200. The highest BCUT2D eigenvalue weighted by molar-refractivity contribution is 5.99. The van der Waals surface area contributed by atoms with E-state index in [9.17, 15) is 4.79 Å². The lowest BCUT2D eigenvalue weighted by molar-refractivity contribution is 0.100. The number of anilines is 2. The van der Waals surface area contributed by atoms with E-state index >= 15 is 0 Å². The molecule has 1 aromatic carbocycles. The van der Waals surface area contributed by atoms with Crippen LogP contribution in [0.4, 0.5) is 11.4 Å². The number of primary amides is 1. The molecule has 5 nitrogen and oxygen atoms in total. The maximum absolute atomic E-state index is 11.4. The average Bonchev–Trinajstić information content (AvgIpc) is 2.46. The van der Waals surface area contributed by atoms with Crippen LogP contribution in [-0.2, 0) is 6.54 Å². The zero-order valence-corrected chi connectivity index (χ0v) is 11.4. The molecular formula is C15H18N4O. The number of nitrogens with zero attached hydrogens (tertiary/aromatic N) is 2. The van der Waals surface area contributed by atoms with Gasteiger partial charge < -0.3 is 16.4 Å². The normalized spacial score (nSPS) is 10.2. The van der Waals surface area contributed by atoms with Gasteiger partial charge in [-0.1, -0.05) is 0 Å². The topological polar surface area (TPSA) is 85.2 Å². The average molecular weight is 270 g/mol. The lowest BCUT2D eigenvalue weighted by Crippen LogP contribution is -2.23. The highest BCUT2D eigenvalue weighted by atomic mass is 16.1. The van der Waals surface area contributed by atoms with E-state index < -0.39 is 5.91 Å². The Kier molecular flexibility index (Phi) is 4.20. The van der Waals surface area contributed by atoms with Crippen LogP contribution in [-0.4, -0.2) is 17.4 Å². The summed E-state index contributed by atoms with van der Waals surface area (Å²) in [4.78, 5) is 17.5. The fourth-order valence-corrected chi connectivity index (χ4v) is 2.05. The van der Waals surface area contributed by atoms with Crippen molar-refractivity contribution in [3.63, 3.8) is 0 Å². The Labute approximate surface area is 118 Å². The van der Waals surface area contributed by atoms with E-state index in [1.54, 1.807) is 24.5 Å². The first-order valence-corrected chi connectivity index (χ1v) is 6.45. The summed E-state index contributed by atoms with van der Waals surface area (Å²) in [5.41, 5.74) is 13.9. The molecular weight excluding hydrogens is 252 g/mol. The third kappa shape index (κ3) is 3.06. The first kappa shape index (κ1) is 13.9. The van der Waals surface area contributed by atoms with E-state index in [0.29, 0.717) is 11.3 Å². The number of hydrogen-bond acceptors (Lipinski definition) is 4. The van der Waals surface area contributed by atoms with Crippen LogP contribution >= 0.6 is 0 Å². The maximum atomic E-state index is 11.4. The third-order valence-electron chi connectivity index (χ3n) is 3.17. The van der Waals surface area contributed by atoms with Crippen LogP contribution < -0.4 is 16.4 Å². The number of hydrogen-bond donors (Lipinski definition) is 2. The van der Waals surface area contributed by atoms with Gasteiger partial charge in [0.05, 0.1) is 5.56 Å². The molecule has 104 valence electrons. The van der Waals surface area contributed by atoms with Gasteiger partial charge in [-0.2, -0.15) is 0 Å². The first-order valence-electron chi connectivity index (χ1n) is 6.45. The highest BCUT2D eigenvalue weighted by Crippen LogP contribution is 2.22. The number of nitrogens with two attached hydrogens (primary N) is 2. The van der Waals surface area contributed by atoms with E-state index in [2.05, 4.69) is 16.8 Å². The fourth-order valence-electron chi connectivity index (χ4n) is 2.05. The van der Waals surface area contributed by atoms with Crippen LogP contribution in [0.1, 0.15) is 22.8 Å². The van der Waals surface area contributed by atoms with Crippen molar-refractivity contribution < 1.29 is 4.79 Å².